The van der Waals surface area contributed by atoms with Gasteiger partial charge < -0.3 is 24.6 Å². The lowest BCUT2D eigenvalue weighted by Gasteiger charge is -2.15. The number of rotatable bonds is 11. The quantitative estimate of drug-likeness (QED) is 0.474. The predicted molar refractivity (Wildman–Crippen MR) is 92.5 cm³/mol. The third-order valence-corrected chi connectivity index (χ3v) is 3.06. The van der Waals surface area contributed by atoms with E-state index in [1.165, 1.54) is 0 Å². The molecule has 2 N–H and O–H groups in total. The Morgan fingerprint density at radius 2 is 1.79 bits per heavy atom. The van der Waals surface area contributed by atoms with Crippen molar-refractivity contribution in [2.75, 3.05) is 26.4 Å². The lowest BCUT2D eigenvalue weighted by atomic mass is 10.2. The Hall–Kier alpha value is -1.63. The number of hydrogen-bond acceptors (Lipinski definition) is 6. The highest BCUT2D eigenvalue weighted by molar-refractivity contribution is 5.89. The van der Waals surface area contributed by atoms with Gasteiger partial charge in [-0.2, -0.15) is 0 Å². The van der Waals surface area contributed by atoms with Crippen LogP contribution in [0, 0.1) is 0 Å². The molecule has 24 heavy (non-hydrogen) atoms. The van der Waals surface area contributed by atoms with E-state index in [4.69, 9.17) is 14.2 Å². The summed E-state index contributed by atoms with van der Waals surface area (Å²) in [5.41, 5.74) is 0.453. The van der Waals surface area contributed by atoms with Gasteiger partial charge in [0.15, 0.2) is 0 Å². The van der Waals surface area contributed by atoms with Crippen LogP contribution in [-0.4, -0.2) is 55.7 Å². The number of carbonyl (C=O) groups is 1. The number of carbonyl (C=O) groups excluding carboxylic acids is 1. The summed E-state index contributed by atoms with van der Waals surface area (Å²) in [6.07, 6.45) is -0.468. The van der Waals surface area contributed by atoms with Gasteiger partial charge in [-0.3, -0.25) is 0 Å². The lowest BCUT2D eigenvalue weighted by Crippen LogP contribution is -2.35. The lowest BCUT2D eigenvalue weighted by molar-refractivity contribution is 0.0177. The maximum Gasteiger partial charge on any atom is 0.338 e. The zero-order chi connectivity index (χ0) is 17.9. The van der Waals surface area contributed by atoms with Gasteiger partial charge in [0.25, 0.3) is 0 Å². The molecule has 6 nitrogen and oxygen atoms in total. The fraction of sp³-hybridized carbons (Fsp3) is 0.611. The molecule has 0 bridgehead atoms. The normalized spacial score (nSPS) is 12.5. The Morgan fingerprint density at radius 1 is 1.12 bits per heavy atom. The number of nitrogens with one attached hydrogen (secondary N) is 1. The van der Waals surface area contributed by atoms with Crippen LogP contribution in [0.3, 0.4) is 0 Å². The fourth-order valence-electron chi connectivity index (χ4n) is 1.81. The third kappa shape index (κ3) is 8.86. The number of benzene rings is 1. The molecule has 0 heterocycles. The monoisotopic (exact) mass is 339 g/mol. The molecule has 0 aliphatic carbocycles. The summed E-state index contributed by atoms with van der Waals surface area (Å²) in [5, 5.41) is 12.9. The van der Waals surface area contributed by atoms with E-state index >= 15 is 0 Å². The van der Waals surface area contributed by atoms with Crippen molar-refractivity contribution in [3.05, 3.63) is 29.8 Å². The molecule has 0 saturated heterocycles. The topological polar surface area (TPSA) is 77.0 Å². The number of aliphatic hydroxyl groups excluding tert-OH is 1. The van der Waals surface area contributed by atoms with Gasteiger partial charge in [0.05, 0.1) is 18.3 Å². The van der Waals surface area contributed by atoms with Crippen LogP contribution >= 0.6 is 0 Å². The van der Waals surface area contributed by atoms with E-state index in [0.29, 0.717) is 30.5 Å². The first-order chi connectivity index (χ1) is 11.4. The van der Waals surface area contributed by atoms with Crippen LogP contribution in [0.2, 0.25) is 0 Å². The van der Waals surface area contributed by atoms with Gasteiger partial charge in [-0.05, 0) is 38.1 Å². The smallest absolute Gasteiger partial charge is 0.338 e. The number of hydrogen-bond donors (Lipinski definition) is 2. The van der Waals surface area contributed by atoms with Crippen LogP contribution in [-0.2, 0) is 9.47 Å². The Balaban J connectivity index is 2.33. The molecule has 0 radical (unpaired) electrons. The van der Waals surface area contributed by atoms with E-state index in [-0.39, 0.29) is 19.3 Å². The van der Waals surface area contributed by atoms with E-state index in [2.05, 4.69) is 5.32 Å². The van der Waals surface area contributed by atoms with Crippen LogP contribution < -0.4 is 10.1 Å². The van der Waals surface area contributed by atoms with Crippen molar-refractivity contribution in [3.63, 3.8) is 0 Å². The maximum absolute atomic E-state index is 11.8. The van der Waals surface area contributed by atoms with Crippen molar-refractivity contribution in [1.82, 2.24) is 5.32 Å². The van der Waals surface area contributed by atoms with Crippen LogP contribution in [0.1, 0.15) is 38.1 Å². The molecule has 0 aliphatic rings. The molecule has 0 saturated carbocycles. The van der Waals surface area contributed by atoms with Gasteiger partial charge in [-0.15, -0.1) is 0 Å². The zero-order valence-electron chi connectivity index (χ0n) is 15.0. The minimum atomic E-state index is -0.585. The Kier molecular flexibility index (Phi) is 9.37. The molecular weight excluding hydrogens is 310 g/mol. The second-order valence-electron chi connectivity index (χ2n) is 6.11. The SMILES string of the molecule is CC(C)NCC(O)COc1ccc(C(=O)OCCOC(C)C)cc1. The highest BCUT2D eigenvalue weighted by atomic mass is 16.6. The summed E-state index contributed by atoms with van der Waals surface area (Å²) in [7, 11) is 0. The molecule has 1 unspecified atom stereocenters. The minimum Gasteiger partial charge on any atom is -0.491 e. The summed E-state index contributed by atoms with van der Waals surface area (Å²) < 4.78 is 15.9. The average Bonchev–Trinajstić information content (AvgIpc) is 2.55. The first-order valence-electron chi connectivity index (χ1n) is 8.31. The van der Waals surface area contributed by atoms with Crippen molar-refractivity contribution in [1.29, 1.82) is 0 Å². The molecule has 1 aromatic rings. The minimum absolute atomic E-state index is 0.117. The molecule has 0 aromatic heterocycles. The predicted octanol–water partition coefficient (Wildman–Crippen LogP) is 2.01. The highest BCUT2D eigenvalue weighted by Crippen LogP contribution is 2.13. The van der Waals surface area contributed by atoms with E-state index < -0.39 is 12.1 Å². The van der Waals surface area contributed by atoms with Crippen molar-refractivity contribution in [3.8, 4) is 5.75 Å². The van der Waals surface area contributed by atoms with E-state index in [1.54, 1.807) is 24.3 Å². The maximum atomic E-state index is 11.8. The van der Waals surface area contributed by atoms with Crippen molar-refractivity contribution in [2.24, 2.45) is 0 Å². The van der Waals surface area contributed by atoms with Gasteiger partial charge in [0.1, 0.15) is 25.1 Å². The van der Waals surface area contributed by atoms with Crippen LogP contribution in [0.5, 0.6) is 5.75 Å². The molecule has 1 atom stereocenters. The number of ether oxygens (including phenoxy) is 3. The standard InChI is InChI=1S/C18H29NO5/c1-13(2)19-11-16(20)12-24-17-7-5-15(6-8-17)18(21)23-10-9-22-14(3)4/h5-8,13-14,16,19-20H,9-12H2,1-4H3. The summed E-state index contributed by atoms with van der Waals surface area (Å²) in [6.45, 7) is 9.15. The van der Waals surface area contributed by atoms with E-state index in [1.807, 2.05) is 27.7 Å². The summed E-state index contributed by atoms with van der Waals surface area (Å²) in [4.78, 5) is 11.8. The molecule has 0 aliphatic heterocycles. The molecule has 0 spiro atoms. The first-order valence-corrected chi connectivity index (χ1v) is 8.31. The molecule has 6 heteroatoms. The number of aliphatic hydroxyl groups is 1. The molecular formula is C18H29NO5. The van der Waals surface area contributed by atoms with Crippen molar-refractivity contribution >= 4 is 5.97 Å². The highest BCUT2D eigenvalue weighted by Gasteiger charge is 2.09. The van der Waals surface area contributed by atoms with Gasteiger partial charge in [0.2, 0.25) is 0 Å². The summed E-state index contributed by atoms with van der Waals surface area (Å²) >= 11 is 0. The van der Waals surface area contributed by atoms with Crippen molar-refractivity contribution < 1.29 is 24.1 Å². The Morgan fingerprint density at radius 3 is 2.38 bits per heavy atom. The largest absolute Gasteiger partial charge is 0.491 e. The van der Waals surface area contributed by atoms with E-state index in [9.17, 15) is 9.90 Å². The van der Waals surface area contributed by atoms with Crippen molar-refractivity contribution in [2.45, 2.75) is 45.9 Å². The molecule has 1 aromatic carbocycles. The molecule has 1 rings (SSSR count). The van der Waals surface area contributed by atoms with Gasteiger partial charge in [-0.25, -0.2) is 4.79 Å². The second kappa shape index (κ2) is 11.0. The summed E-state index contributed by atoms with van der Waals surface area (Å²) in [5.74, 6) is 0.202. The Bertz CT molecular complexity index is 473. The first kappa shape index (κ1) is 20.4. The van der Waals surface area contributed by atoms with E-state index in [0.717, 1.165) is 0 Å². The Labute approximate surface area is 144 Å². The van der Waals surface area contributed by atoms with Crippen LogP contribution in [0.4, 0.5) is 0 Å². The van der Waals surface area contributed by atoms with Crippen LogP contribution in [0.15, 0.2) is 24.3 Å². The third-order valence-electron chi connectivity index (χ3n) is 3.06. The molecule has 136 valence electrons. The molecule has 0 amide bonds. The van der Waals surface area contributed by atoms with Gasteiger partial charge in [0, 0.05) is 12.6 Å². The van der Waals surface area contributed by atoms with Gasteiger partial charge >= 0.3 is 5.97 Å². The van der Waals surface area contributed by atoms with Crippen LogP contribution in [0.25, 0.3) is 0 Å². The zero-order valence-corrected chi connectivity index (χ0v) is 15.0. The molecule has 0 fully saturated rings. The second-order valence-corrected chi connectivity index (χ2v) is 6.11. The average molecular weight is 339 g/mol. The summed E-state index contributed by atoms with van der Waals surface area (Å²) in [6, 6.07) is 6.96. The number of esters is 1. The van der Waals surface area contributed by atoms with Gasteiger partial charge in [-0.1, -0.05) is 13.8 Å². The fourth-order valence-corrected chi connectivity index (χ4v) is 1.81.